The zero-order valence-electron chi connectivity index (χ0n) is 14.6. The molecule has 0 unspecified atom stereocenters. The zero-order chi connectivity index (χ0) is 18.7. The van der Waals surface area contributed by atoms with Crippen molar-refractivity contribution >= 4 is 0 Å². The van der Waals surface area contributed by atoms with Crippen LogP contribution in [0.25, 0.3) is 0 Å². The van der Waals surface area contributed by atoms with Crippen LogP contribution in [0.5, 0.6) is 0 Å². The fraction of sp³-hybridized carbons (Fsp3) is 0.500. The maximum absolute atomic E-state index is 12.6. The van der Waals surface area contributed by atoms with E-state index in [4.69, 9.17) is 0 Å². The summed E-state index contributed by atoms with van der Waals surface area (Å²) in [6.07, 6.45) is 2.08. The Bertz CT molecular complexity index is 870. The van der Waals surface area contributed by atoms with Gasteiger partial charge in [-0.15, -0.1) is 0 Å². The molecule has 0 spiro atoms. The van der Waals surface area contributed by atoms with Gasteiger partial charge in [0.05, 0.1) is 6.33 Å². The van der Waals surface area contributed by atoms with Crippen molar-refractivity contribution in [1.82, 2.24) is 19.0 Å². The van der Waals surface area contributed by atoms with Crippen LogP contribution in [-0.2, 0) is 20.1 Å². The summed E-state index contributed by atoms with van der Waals surface area (Å²) in [5.74, 6) is 0.312. The van der Waals surface area contributed by atoms with Crippen molar-refractivity contribution in [3.05, 3.63) is 62.7 Å². The van der Waals surface area contributed by atoms with Gasteiger partial charge in [0, 0.05) is 38.5 Å². The molecule has 0 saturated carbocycles. The van der Waals surface area contributed by atoms with Gasteiger partial charge in [0.15, 0.2) is 0 Å². The molecule has 3 heterocycles. The summed E-state index contributed by atoms with van der Waals surface area (Å²) in [5, 5.41) is 0. The second-order valence-electron chi connectivity index (χ2n) is 6.81. The summed E-state index contributed by atoms with van der Waals surface area (Å²) in [7, 11) is 1.72. The van der Waals surface area contributed by atoms with Gasteiger partial charge in [-0.25, -0.2) is 13.8 Å². The molecule has 2 aromatic heterocycles. The van der Waals surface area contributed by atoms with Crippen molar-refractivity contribution in [2.45, 2.75) is 32.4 Å². The van der Waals surface area contributed by atoms with E-state index in [1.165, 1.54) is 10.9 Å². The Morgan fingerprint density at radius 2 is 1.92 bits per heavy atom. The van der Waals surface area contributed by atoms with E-state index < -0.39 is 17.7 Å². The average Bonchev–Trinajstić information content (AvgIpc) is 2.61. The minimum absolute atomic E-state index is 0.0171. The third-order valence-electron chi connectivity index (χ3n) is 4.86. The van der Waals surface area contributed by atoms with E-state index in [1.807, 2.05) is 6.07 Å². The first-order chi connectivity index (χ1) is 12.4. The lowest BCUT2D eigenvalue weighted by atomic mass is 9.96. The van der Waals surface area contributed by atoms with E-state index in [9.17, 15) is 18.4 Å². The number of hydrogen-bond acceptors (Lipinski definition) is 4. The molecule has 1 saturated heterocycles. The maximum Gasteiger partial charge on any atom is 0.280 e. The Kier molecular flexibility index (Phi) is 5.61. The van der Waals surface area contributed by atoms with E-state index in [2.05, 4.69) is 9.88 Å². The summed E-state index contributed by atoms with van der Waals surface area (Å²) >= 11 is 0. The van der Waals surface area contributed by atoms with Crippen LogP contribution >= 0.6 is 0 Å². The molecule has 1 fully saturated rings. The van der Waals surface area contributed by atoms with Gasteiger partial charge >= 0.3 is 0 Å². The van der Waals surface area contributed by atoms with Gasteiger partial charge in [-0.05, 0) is 43.5 Å². The van der Waals surface area contributed by atoms with Crippen LogP contribution in [0, 0.1) is 5.92 Å². The SMILES string of the molecule is Cn1ccc(CN2CCC(Cn3cnc(C(F)F)cc3=O)CC2)cc1=O. The van der Waals surface area contributed by atoms with E-state index in [0.29, 0.717) is 12.5 Å². The minimum atomic E-state index is -2.73. The van der Waals surface area contributed by atoms with E-state index in [1.54, 1.807) is 23.9 Å². The van der Waals surface area contributed by atoms with E-state index >= 15 is 0 Å². The van der Waals surface area contributed by atoms with E-state index in [-0.39, 0.29) is 5.56 Å². The van der Waals surface area contributed by atoms with Crippen LogP contribution in [0.4, 0.5) is 8.78 Å². The summed E-state index contributed by atoms with van der Waals surface area (Å²) in [6.45, 7) is 2.97. The molecule has 0 atom stereocenters. The standard InChI is InChI=1S/C18H22F2N4O2/c1-22-5-2-14(8-16(22)25)10-23-6-3-13(4-7-23)11-24-12-21-15(18(19)20)9-17(24)26/h2,5,8-9,12-13,18H,3-4,6-7,10-11H2,1H3. The van der Waals surface area contributed by atoms with Crippen molar-refractivity contribution in [2.75, 3.05) is 13.1 Å². The number of halogens is 2. The molecule has 6 nitrogen and oxygen atoms in total. The lowest BCUT2D eigenvalue weighted by Gasteiger charge is -2.32. The third kappa shape index (κ3) is 4.43. The fourth-order valence-corrected chi connectivity index (χ4v) is 3.25. The van der Waals surface area contributed by atoms with E-state index in [0.717, 1.165) is 44.1 Å². The molecule has 26 heavy (non-hydrogen) atoms. The number of piperidine rings is 1. The Hall–Kier alpha value is -2.35. The van der Waals surface area contributed by atoms with Gasteiger partial charge in [-0.3, -0.25) is 19.1 Å². The van der Waals surface area contributed by atoms with Crippen molar-refractivity contribution in [2.24, 2.45) is 13.0 Å². The predicted molar refractivity (Wildman–Crippen MR) is 93.1 cm³/mol. The molecule has 0 N–H and O–H groups in total. The van der Waals surface area contributed by atoms with Crippen molar-refractivity contribution < 1.29 is 8.78 Å². The molecular formula is C18H22F2N4O2. The smallest absolute Gasteiger partial charge is 0.280 e. The number of likely N-dealkylation sites (tertiary alicyclic amines) is 1. The molecule has 3 rings (SSSR count). The third-order valence-corrected chi connectivity index (χ3v) is 4.86. The van der Waals surface area contributed by atoms with Crippen molar-refractivity contribution in [3.63, 3.8) is 0 Å². The van der Waals surface area contributed by atoms with Crippen LogP contribution < -0.4 is 11.1 Å². The maximum atomic E-state index is 12.6. The second-order valence-corrected chi connectivity index (χ2v) is 6.81. The molecule has 0 aromatic carbocycles. The van der Waals surface area contributed by atoms with Gasteiger partial charge in [-0.2, -0.15) is 0 Å². The molecule has 1 aliphatic rings. The average molecular weight is 364 g/mol. The van der Waals surface area contributed by atoms with Crippen LogP contribution in [0.15, 0.2) is 40.3 Å². The number of pyridine rings is 1. The second kappa shape index (κ2) is 7.90. The van der Waals surface area contributed by atoms with Gasteiger partial charge in [0.1, 0.15) is 5.69 Å². The van der Waals surface area contributed by atoms with Gasteiger partial charge in [-0.1, -0.05) is 0 Å². The monoisotopic (exact) mass is 364 g/mol. The number of alkyl halides is 2. The summed E-state index contributed by atoms with van der Waals surface area (Å²) in [6, 6.07) is 4.51. The minimum Gasteiger partial charge on any atom is -0.319 e. The summed E-state index contributed by atoms with van der Waals surface area (Å²) in [5.41, 5.74) is 0.0685. The van der Waals surface area contributed by atoms with Gasteiger partial charge in [0.25, 0.3) is 17.5 Å². The molecule has 1 aliphatic heterocycles. The van der Waals surface area contributed by atoms with Crippen molar-refractivity contribution in [1.29, 1.82) is 0 Å². The van der Waals surface area contributed by atoms with Gasteiger partial charge in [0.2, 0.25) is 0 Å². The molecule has 0 radical (unpaired) electrons. The predicted octanol–water partition coefficient (Wildman–Crippen LogP) is 1.79. The molecule has 8 heteroatoms. The number of aromatic nitrogens is 3. The van der Waals surface area contributed by atoms with Gasteiger partial charge < -0.3 is 4.57 Å². The Morgan fingerprint density at radius 3 is 2.54 bits per heavy atom. The van der Waals surface area contributed by atoms with Crippen LogP contribution in [0.3, 0.4) is 0 Å². The first-order valence-corrected chi connectivity index (χ1v) is 8.65. The first kappa shape index (κ1) is 18.4. The highest BCUT2D eigenvalue weighted by molar-refractivity contribution is 5.10. The Labute approximate surface area is 149 Å². The lowest BCUT2D eigenvalue weighted by Crippen LogP contribution is -2.36. The molecule has 0 amide bonds. The first-order valence-electron chi connectivity index (χ1n) is 8.65. The summed E-state index contributed by atoms with van der Waals surface area (Å²) in [4.78, 5) is 29.6. The molecule has 140 valence electrons. The molecule has 2 aromatic rings. The highest BCUT2D eigenvalue weighted by Crippen LogP contribution is 2.20. The van der Waals surface area contributed by atoms with Crippen molar-refractivity contribution in [3.8, 4) is 0 Å². The van der Waals surface area contributed by atoms with Crippen LogP contribution in [0.1, 0.15) is 30.5 Å². The lowest BCUT2D eigenvalue weighted by molar-refractivity contribution is 0.144. The van der Waals surface area contributed by atoms with Crippen LogP contribution in [0.2, 0.25) is 0 Å². The highest BCUT2D eigenvalue weighted by atomic mass is 19.3. The topological polar surface area (TPSA) is 60.1 Å². The normalized spacial score (nSPS) is 16.3. The fourth-order valence-electron chi connectivity index (χ4n) is 3.25. The number of rotatable bonds is 5. The molecule has 0 aliphatic carbocycles. The zero-order valence-corrected chi connectivity index (χ0v) is 14.6. The Morgan fingerprint density at radius 1 is 1.19 bits per heavy atom. The highest BCUT2D eigenvalue weighted by Gasteiger charge is 2.20. The molecular weight excluding hydrogens is 342 g/mol. The largest absolute Gasteiger partial charge is 0.319 e. The Balaban J connectivity index is 1.54. The van der Waals surface area contributed by atoms with Crippen LogP contribution in [-0.4, -0.2) is 32.1 Å². The quantitative estimate of drug-likeness (QED) is 0.812. The number of nitrogens with zero attached hydrogens (tertiary/aromatic N) is 4. The number of hydrogen-bond donors (Lipinski definition) is 0. The number of aryl methyl sites for hydroxylation is 1. The molecule has 0 bridgehead atoms. The summed E-state index contributed by atoms with van der Waals surface area (Å²) < 4.78 is 28.1.